The molecule has 2 aromatic carbocycles. The fraction of sp³-hybridized carbons (Fsp3) is 0. The van der Waals surface area contributed by atoms with Crippen molar-refractivity contribution < 1.29 is 9.13 Å². The van der Waals surface area contributed by atoms with Crippen LogP contribution in [0.1, 0.15) is 0 Å². The third kappa shape index (κ3) is 2.56. The number of nitrogens with zero attached hydrogens (tertiary/aromatic N) is 2. The molecule has 0 bridgehead atoms. The number of aromatic nitrogens is 2. The highest BCUT2D eigenvalue weighted by atomic mass is 79.9. The number of fused-ring (bicyclic) bond motifs is 1. The van der Waals surface area contributed by atoms with Crippen molar-refractivity contribution in [2.75, 3.05) is 0 Å². The van der Waals surface area contributed by atoms with Crippen LogP contribution in [-0.2, 0) is 0 Å². The summed E-state index contributed by atoms with van der Waals surface area (Å²) in [7, 11) is 0. The van der Waals surface area contributed by atoms with Crippen LogP contribution >= 0.6 is 15.9 Å². The van der Waals surface area contributed by atoms with Gasteiger partial charge in [-0.2, -0.15) is 4.98 Å². The third-order valence-electron chi connectivity index (χ3n) is 2.57. The van der Waals surface area contributed by atoms with Crippen molar-refractivity contribution >= 4 is 26.8 Å². The van der Waals surface area contributed by atoms with Crippen molar-refractivity contribution in [2.24, 2.45) is 0 Å². The molecule has 3 rings (SSSR count). The Bertz CT molecular complexity index is 748. The number of para-hydroxylation sites is 1. The van der Waals surface area contributed by atoms with Gasteiger partial charge in [-0.3, -0.25) is 0 Å². The lowest BCUT2D eigenvalue weighted by Gasteiger charge is -2.05. The first-order chi connectivity index (χ1) is 9.22. The van der Waals surface area contributed by atoms with Crippen LogP contribution in [-0.4, -0.2) is 9.97 Å². The first kappa shape index (κ1) is 12.0. The Kier molecular flexibility index (Phi) is 3.13. The quantitative estimate of drug-likeness (QED) is 0.705. The Morgan fingerprint density at radius 3 is 2.79 bits per heavy atom. The minimum Gasteiger partial charge on any atom is -0.424 e. The van der Waals surface area contributed by atoms with Crippen molar-refractivity contribution in [1.82, 2.24) is 9.97 Å². The van der Waals surface area contributed by atoms with E-state index in [9.17, 15) is 4.39 Å². The van der Waals surface area contributed by atoms with Gasteiger partial charge >= 0.3 is 6.01 Å². The van der Waals surface area contributed by atoms with Gasteiger partial charge in [0.15, 0.2) is 0 Å². The molecule has 0 N–H and O–H groups in total. The summed E-state index contributed by atoms with van der Waals surface area (Å²) in [5.41, 5.74) is 0.782. The molecule has 0 aliphatic rings. The molecule has 0 spiro atoms. The van der Waals surface area contributed by atoms with Crippen LogP contribution in [0.2, 0.25) is 0 Å². The van der Waals surface area contributed by atoms with E-state index in [1.807, 2.05) is 24.3 Å². The molecule has 0 aliphatic carbocycles. The van der Waals surface area contributed by atoms with E-state index in [0.29, 0.717) is 10.2 Å². The zero-order valence-electron chi connectivity index (χ0n) is 9.68. The molecule has 0 aliphatic heterocycles. The maximum Gasteiger partial charge on any atom is 0.322 e. The molecular formula is C14H8BrFN2O. The van der Waals surface area contributed by atoms with Crippen molar-refractivity contribution in [3.05, 3.63) is 59.0 Å². The molecule has 19 heavy (non-hydrogen) atoms. The monoisotopic (exact) mass is 318 g/mol. The Morgan fingerprint density at radius 1 is 1.11 bits per heavy atom. The highest BCUT2D eigenvalue weighted by molar-refractivity contribution is 9.10. The smallest absolute Gasteiger partial charge is 0.322 e. The first-order valence-electron chi connectivity index (χ1n) is 5.57. The third-order valence-corrected chi connectivity index (χ3v) is 3.21. The fourth-order valence-corrected chi connectivity index (χ4v) is 1.90. The van der Waals surface area contributed by atoms with Crippen LogP contribution in [0.5, 0.6) is 11.8 Å². The average molecular weight is 319 g/mol. The predicted octanol–water partition coefficient (Wildman–Crippen LogP) is 4.32. The van der Waals surface area contributed by atoms with Gasteiger partial charge < -0.3 is 4.74 Å². The lowest BCUT2D eigenvalue weighted by Crippen LogP contribution is -1.92. The molecule has 5 heteroatoms. The Morgan fingerprint density at radius 2 is 1.95 bits per heavy atom. The van der Waals surface area contributed by atoms with Crippen LogP contribution in [0.4, 0.5) is 4.39 Å². The number of hydrogen-bond donors (Lipinski definition) is 0. The van der Waals surface area contributed by atoms with Gasteiger partial charge in [0.25, 0.3) is 0 Å². The zero-order valence-corrected chi connectivity index (χ0v) is 11.3. The molecule has 3 nitrogen and oxygen atoms in total. The summed E-state index contributed by atoms with van der Waals surface area (Å²) in [5.74, 6) is -0.0331. The molecule has 0 saturated carbocycles. The van der Waals surface area contributed by atoms with Gasteiger partial charge in [0.05, 0.1) is 9.99 Å². The van der Waals surface area contributed by atoms with Gasteiger partial charge in [-0.05, 0) is 34.1 Å². The summed E-state index contributed by atoms with van der Waals surface area (Å²) < 4.78 is 19.2. The second-order valence-corrected chi connectivity index (χ2v) is 4.74. The minimum atomic E-state index is -0.390. The van der Waals surface area contributed by atoms with E-state index in [1.54, 1.807) is 18.3 Å². The van der Waals surface area contributed by atoms with Crippen molar-refractivity contribution in [3.8, 4) is 11.8 Å². The second-order valence-electron chi connectivity index (χ2n) is 3.89. The molecule has 94 valence electrons. The van der Waals surface area contributed by atoms with E-state index >= 15 is 0 Å². The Labute approximate surface area is 117 Å². The molecule has 3 aromatic rings. The molecule has 0 saturated heterocycles. The van der Waals surface area contributed by atoms with Crippen molar-refractivity contribution in [2.45, 2.75) is 0 Å². The SMILES string of the molecule is Fc1cc(Oc2ncc3ccccc3n2)ccc1Br. The van der Waals surface area contributed by atoms with Gasteiger partial charge in [0, 0.05) is 17.6 Å². The van der Waals surface area contributed by atoms with E-state index in [4.69, 9.17) is 4.74 Å². The van der Waals surface area contributed by atoms with Gasteiger partial charge in [-0.1, -0.05) is 18.2 Å². The number of ether oxygens (including phenoxy) is 1. The summed E-state index contributed by atoms with van der Waals surface area (Å²) in [6, 6.07) is 12.3. The lowest BCUT2D eigenvalue weighted by atomic mass is 10.2. The largest absolute Gasteiger partial charge is 0.424 e. The molecular weight excluding hydrogens is 311 g/mol. The topological polar surface area (TPSA) is 35.0 Å². The van der Waals surface area contributed by atoms with E-state index in [1.165, 1.54) is 6.07 Å². The highest BCUT2D eigenvalue weighted by Crippen LogP contribution is 2.24. The van der Waals surface area contributed by atoms with Crippen molar-refractivity contribution in [3.63, 3.8) is 0 Å². The summed E-state index contributed by atoms with van der Waals surface area (Å²) >= 11 is 3.09. The molecule has 0 atom stereocenters. The van der Waals surface area contributed by atoms with Crippen LogP contribution in [0.15, 0.2) is 53.1 Å². The minimum absolute atomic E-state index is 0.195. The van der Waals surface area contributed by atoms with Gasteiger partial charge in [-0.15, -0.1) is 0 Å². The van der Waals surface area contributed by atoms with Gasteiger partial charge in [0.1, 0.15) is 11.6 Å². The Hall–Kier alpha value is -2.01. The molecule has 0 radical (unpaired) electrons. The van der Waals surface area contributed by atoms with Crippen LogP contribution < -0.4 is 4.74 Å². The summed E-state index contributed by atoms with van der Waals surface area (Å²) in [6.45, 7) is 0. The van der Waals surface area contributed by atoms with E-state index < -0.39 is 5.82 Å². The molecule has 0 fully saturated rings. The predicted molar refractivity (Wildman–Crippen MR) is 73.7 cm³/mol. The second kappa shape index (κ2) is 4.93. The Balaban J connectivity index is 1.94. The molecule has 0 unspecified atom stereocenters. The van der Waals surface area contributed by atoms with Crippen LogP contribution in [0.3, 0.4) is 0 Å². The van der Waals surface area contributed by atoms with Gasteiger partial charge in [-0.25, -0.2) is 9.37 Å². The zero-order chi connectivity index (χ0) is 13.2. The highest BCUT2D eigenvalue weighted by Gasteiger charge is 2.05. The standard InChI is InChI=1S/C14H8BrFN2O/c15-11-6-5-10(7-12(11)16)19-14-17-8-9-3-1-2-4-13(9)18-14/h1-8H. The number of benzene rings is 2. The number of hydrogen-bond acceptors (Lipinski definition) is 3. The van der Waals surface area contributed by atoms with Gasteiger partial charge in [0.2, 0.25) is 0 Å². The summed E-state index contributed by atoms with van der Waals surface area (Å²) in [6.07, 6.45) is 1.67. The summed E-state index contributed by atoms with van der Waals surface area (Å²) in [4.78, 5) is 8.34. The fourth-order valence-electron chi connectivity index (χ4n) is 1.65. The van der Waals surface area contributed by atoms with E-state index in [-0.39, 0.29) is 6.01 Å². The lowest BCUT2D eigenvalue weighted by molar-refractivity contribution is 0.440. The molecule has 0 amide bonds. The van der Waals surface area contributed by atoms with Crippen molar-refractivity contribution in [1.29, 1.82) is 0 Å². The van der Waals surface area contributed by atoms with E-state index in [2.05, 4.69) is 25.9 Å². The first-order valence-corrected chi connectivity index (χ1v) is 6.36. The molecule has 1 heterocycles. The summed E-state index contributed by atoms with van der Waals surface area (Å²) in [5, 5.41) is 0.928. The van der Waals surface area contributed by atoms with Crippen LogP contribution in [0, 0.1) is 5.82 Å². The normalized spacial score (nSPS) is 10.6. The average Bonchev–Trinajstić information content (AvgIpc) is 2.43. The van der Waals surface area contributed by atoms with Crippen LogP contribution in [0.25, 0.3) is 10.9 Å². The number of halogens is 2. The number of rotatable bonds is 2. The maximum absolute atomic E-state index is 13.4. The maximum atomic E-state index is 13.4. The van der Waals surface area contributed by atoms with E-state index in [0.717, 1.165) is 10.9 Å². The molecule has 1 aromatic heterocycles.